The lowest BCUT2D eigenvalue weighted by atomic mass is 10.1. The van der Waals surface area contributed by atoms with E-state index in [0.29, 0.717) is 60.3 Å². The SMILES string of the molecule is CCCn1c(=O)c(=O)n(C)c2ccc(Nc3nc(N4CCC(F)(F)CC4)ncc3Cl)cc21.O=CNCC1CS(=O)C1. The van der Waals surface area contributed by atoms with Gasteiger partial charge in [-0.1, -0.05) is 18.5 Å². The van der Waals surface area contributed by atoms with Crippen molar-refractivity contribution in [3.8, 4) is 0 Å². The van der Waals surface area contributed by atoms with Crippen LogP contribution in [0.15, 0.2) is 34.0 Å². The normalized spacial score (nSPS) is 19.6. The van der Waals surface area contributed by atoms with Crippen molar-refractivity contribution in [1.29, 1.82) is 0 Å². The lowest BCUT2D eigenvalue weighted by Crippen LogP contribution is -2.40. The first-order valence-corrected chi connectivity index (χ1v) is 15.1. The number of nitrogens with zero attached hydrogens (tertiary/aromatic N) is 5. The zero-order valence-electron chi connectivity index (χ0n) is 22.7. The summed E-state index contributed by atoms with van der Waals surface area (Å²) >= 11 is 6.27. The lowest BCUT2D eigenvalue weighted by molar-refractivity contribution is -0.109. The summed E-state index contributed by atoms with van der Waals surface area (Å²) in [7, 11) is 0.979. The van der Waals surface area contributed by atoms with Crippen molar-refractivity contribution in [2.75, 3.05) is 41.4 Å². The van der Waals surface area contributed by atoms with Crippen LogP contribution in [0.3, 0.4) is 0 Å². The molecule has 41 heavy (non-hydrogen) atoms. The fourth-order valence-electron chi connectivity index (χ4n) is 4.60. The largest absolute Gasteiger partial charge is 0.358 e. The molecule has 5 rings (SSSR count). The number of hydrogen-bond acceptors (Lipinski definition) is 8. The van der Waals surface area contributed by atoms with Gasteiger partial charge < -0.3 is 24.7 Å². The van der Waals surface area contributed by atoms with Crippen molar-refractivity contribution in [3.05, 3.63) is 50.1 Å². The third kappa shape index (κ3) is 7.28. The van der Waals surface area contributed by atoms with E-state index in [2.05, 4.69) is 20.6 Å². The maximum absolute atomic E-state index is 13.5. The molecule has 0 atom stereocenters. The molecule has 222 valence electrons. The first-order valence-electron chi connectivity index (χ1n) is 13.2. The van der Waals surface area contributed by atoms with E-state index in [0.717, 1.165) is 11.5 Å². The van der Waals surface area contributed by atoms with Gasteiger partial charge in [0.25, 0.3) is 5.92 Å². The summed E-state index contributed by atoms with van der Waals surface area (Å²) in [4.78, 5) is 44.8. The Kier molecular flexibility index (Phi) is 9.74. The quantitative estimate of drug-likeness (QED) is 0.294. The van der Waals surface area contributed by atoms with Gasteiger partial charge in [0.15, 0.2) is 5.82 Å². The van der Waals surface area contributed by atoms with Gasteiger partial charge in [0.05, 0.1) is 17.2 Å². The van der Waals surface area contributed by atoms with E-state index in [9.17, 15) is 27.4 Å². The number of benzene rings is 1. The smallest absolute Gasteiger partial charge is 0.316 e. The highest BCUT2D eigenvalue weighted by molar-refractivity contribution is 7.86. The molecule has 2 aromatic heterocycles. The van der Waals surface area contributed by atoms with Crippen LogP contribution in [-0.2, 0) is 29.2 Å². The number of alkyl halides is 2. The summed E-state index contributed by atoms with van der Waals surface area (Å²) in [5.41, 5.74) is 0.674. The molecule has 2 aliphatic rings. The van der Waals surface area contributed by atoms with E-state index in [4.69, 9.17) is 11.6 Å². The van der Waals surface area contributed by atoms with Crippen LogP contribution in [0.25, 0.3) is 11.0 Å². The summed E-state index contributed by atoms with van der Waals surface area (Å²) in [6, 6.07) is 5.25. The van der Waals surface area contributed by atoms with Gasteiger partial charge in [-0.2, -0.15) is 4.98 Å². The first kappa shape index (κ1) is 30.6. The monoisotopic (exact) mass is 611 g/mol. The maximum Gasteiger partial charge on any atom is 0.316 e. The number of nitrogens with one attached hydrogen (secondary N) is 2. The van der Waals surface area contributed by atoms with E-state index in [-0.39, 0.29) is 31.0 Å². The van der Waals surface area contributed by atoms with Gasteiger partial charge in [-0.05, 0) is 30.5 Å². The predicted octanol–water partition coefficient (Wildman–Crippen LogP) is 2.64. The number of amides is 1. The van der Waals surface area contributed by atoms with Gasteiger partial charge in [-0.3, -0.25) is 18.6 Å². The van der Waals surface area contributed by atoms with Gasteiger partial charge in [0.2, 0.25) is 12.4 Å². The van der Waals surface area contributed by atoms with Gasteiger partial charge in [-0.15, -0.1) is 0 Å². The molecule has 1 aromatic carbocycles. The molecule has 2 aliphatic heterocycles. The van der Waals surface area contributed by atoms with E-state index >= 15 is 0 Å². The predicted molar refractivity (Wildman–Crippen MR) is 156 cm³/mol. The second kappa shape index (κ2) is 13.1. The fourth-order valence-corrected chi connectivity index (χ4v) is 5.93. The van der Waals surface area contributed by atoms with Crippen molar-refractivity contribution < 1.29 is 17.8 Å². The minimum Gasteiger partial charge on any atom is -0.358 e. The summed E-state index contributed by atoms with van der Waals surface area (Å²) in [5, 5.41) is 5.94. The average molecular weight is 612 g/mol. The van der Waals surface area contributed by atoms with Crippen LogP contribution in [0, 0.1) is 5.92 Å². The van der Waals surface area contributed by atoms with Gasteiger partial charge in [0.1, 0.15) is 5.02 Å². The molecule has 0 bridgehead atoms. The zero-order chi connectivity index (χ0) is 29.7. The Morgan fingerprint density at radius 2 is 1.88 bits per heavy atom. The van der Waals surface area contributed by atoms with Crippen LogP contribution in [0.4, 0.5) is 26.2 Å². The van der Waals surface area contributed by atoms with Gasteiger partial charge in [-0.25, -0.2) is 13.8 Å². The molecular weight excluding hydrogens is 580 g/mol. The van der Waals surface area contributed by atoms with Crippen LogP contribution in [0.2, 0.25) is 5.02 Å². The molecule has 2 N–H and O–H groups in total. The van der Waals surface area contributed by atoms with Gasteiger partial charge >= 0.3 is 11.1 Å². The molecule has 1 amide bonds. The number of carbonyl (C=O) groups is 1. The van der Waals surface area contributed by atoms with Crippen molar-refractivity contribution >= 4 is 57.3 Å². The van der Waals surface area contributed by atoms with E-state index in [1.807, 2.05) is 6.92 Å². The molecule has 2 fully saturated rings. The zero-order valence-corrected chi connectivity index (χ0v) is 24.3. The second-order valence-corrected chi connectivity index (χ2v) is 12.0. The third-order valence-electron chi connectivity index (χ3n) is 6.91. The number of halogens is 3. The number of anilines is 3. The fraction of sp³-hybridized carbons (Fsp3) is 0.500. The number of fused-ring (bicyclic) bond motifs is 1. The van der Waals surface area contributed by atoms with E-state index in [1.54, 1.807) is 30.1 Å². The number of aromatic nitrogens is 4. The number of rotatable bonds is 8. The highest BCUT2D eigenvalue weighted by Crippen LogP contribution is 2.31. The molecule has 0 unspecified atom stereocenters. The Balaban J connectivity index is 0.000000367. The topological polar surface area (TPSA) is 131 Å². The molecule has 15 heteroatoms. The van der Waals surface area contributed by atoms with Crippen molar-refractivity contribution in [3.63, 3.8) is 0 Å². The molecule has 0 spiro atoms. The van der Waals surface area contributed by atoms with Gasteiger partial charge in [0, 0.05) is 74.1 Å². The first-order chi connectivity index (χ1) is 19.5. The molecule has 0 radical (unpaired) electrons. The number of hydrogen-bond donors (Lipinski definition) is 2. The summed E-state index contributed by atoms with van der Waals surface area (Å²) < 4.78 is 40.2. The highest BCUT2D eigenvalue weighted by atomic mass is 35.5. The summed E-state index contributed by atoms with van der Waals surface area (Å²) in [5.74, 6) is -0.0254. The number of piperidine rings is 1. The van der Waals surface area contributed by atoms with Crippen LogP contribution in [-0.4, -0.2) is 66.8 Å². The van der Waals surface area contributed by atoms with E-state index < -0.39 is 27.8 Å². The Hall–Kier alpha value is -3.39. The second-order valence-electron chi connectivity index (χ2n) is 10.0. The van der Waals surface area contributed by atoms with Crippen molar-refractivity contribution in [2.45, 2.75) is 38.7 Å². The van der Waals surface area contributed by atoms with Crippen LogP contribution < -0.4 is 26.7 Å². The highest BCUT2D eigenvalue weighted by Gasteiger charge is 2.35. The Morgan fingerprint density at radius 1 is 1.17 bits per heavy atom. The van der Waals surface area contributed by atoms with Crippen LogP contribution >= 0.6 is 11.6 Å². The lowest BCUT2D eigenvalue weighted by Gasteiger charge is -2.31. The van der Waals surface area contributed by atoms with Crippen molar-refractivity contribution in [2.24, 2.45) is 13.0 Å². The minimum absolute atomic E-state index is 0.154. The Morgan fingerprint density at radius 3 is 2.51 bits per heavy atom. The molecule has 11 nitrogen and oxygen atoms in total. The molecule has 2 saturated heterocycles. The standard InChI is InChI=1S/C21H23ClF2N6O2.C5H9NO2S/c1-3-8-30-16-11-13(4-5-15(16)28(2)18(31)19(30)32)26-17-14(22)12-25-20(27-17)29-9-6-21(23,24)7-10-29;7-4-6-1-5-2-9(8)3-5/h4-5,11-12H,3,6-10H2,1-2H3,(H,25,26,27);4-5H,1-3H2,(H,6,7). The van der Waals surface area contributed by atoms with Crippen LogP contribution in [0.5, 0.6) is 0 Å². The Labute approximate surface area is 242 Å². The van der Waals surface area contributed by atoms with Crippen LogP contribution in [0.1, 0.15) is 26.2 Å². The summed E-state index contributed by atoms with van der Waals surface area (Å²) in [6.45, 7) is 3.33. The number of aryl methyl sites for hydroxylation is 2. The molecule has 4 heterocycles. The molecule has 3 aromatic rings. The minimum atomic E-state index is -2.66. The molecule has 0 saturated carbocycles. The Bertz CT molecular complexity index is 1550. The summed E-state index contributed by atoms with van der Waals surface area (Å²) in [6.07, 6.45) is 2.30. The average Bonchev–Trinajstić information content (AvgIpc) is 2.93. The number of carbonyl (C=O) groups excluding carboxylic acids is 1. The molecular formula is C26H32ClF2N7O4S. The van der Waals surface area contributed by atoms with Crippen molar-refractivity contribution in [1.82, 2.24) is 24.4 Å². The van der Waals surface area contributed by atoms with E-state index in [1.165, 1.54) is 15.3 Å². The molecule has 0 aliphatic carbocycles. The third-order valence-corrected chi connectivity index (χ3v) is 8.88. The maximum atomic E-state index is 13.5.